The first-order valence-corrected chi connectivity index (χ1v) is 12.6. The number of fused-ring (bicyclic) bond motifs is 2. The molecule has 0 saturated heterocycles. The lowest BCUT2D eigenvalue weighted by atomic mass is 10.1. The molecule has 2 aromatic carbocycles. The summed E-state index contributed by atoms with van der Waals surface area (Å²) in [5.41, 5.74) is -7.21. The van der Waals surface area contributed by atoms with E-state index in [-0.39, 0.29) is 17.9 Å². The standard InChI is InChI=1S/C20H16F3NO9S2/c1-30-19(25)17-18(33-35(28,29)20(21,22)23)13-4-2-3-5-16(13)34(26,27)24(17)11-12-6-7-14-15(10-12)32-9-8-31-14/h2-7,10H,8-9,11H2,1H3. The lowest BCUT2D eigenvalue weighted by Gasteiger charge is -2.32. The van der Waals surface area contributed by atoms with Crippen LogP contribution in [0.5, 0.6) is 11.5 Å². The minimum atomic E-state index is -6.28. The molecule has 0 spiro atoms. The smallest absolute Gasteiger partial charge is 0.486 e. The van der Waals surface area contributed by atoms with Gasteiger partial charge in [0, 0.05) is 5.56 Å². The van der Waals surface area contributed by atoms with Crippen LogP contribution in [0.4, 0.5) is 13.2 Å². The SMILES string of the molecule is COC(=O)C1=C(OS(=O)(=O)C(F)(F)F)c2ccccc2S(=O)(=O)N1Cc1ccc2c(c1)OCCO2. The van der Waals surface area contributed by atoms with Gasteiger partial charge in [0.25, 0.3) is 10.0 Å². The molecule has 0 atom stereocenters. The van der Waals surface area contributed by atoms with Gasteiger partial charge in [0.05, 0.1) is 18.6 Å². The summed E-state index contributed by atoms with van der Waals surface area (Å²) in [6.07, 6.45) is 0. The summed E-state index contributed by atoms with van der Waals surface area (Å²) in [6.45, 7) is -0.0731. The summed E-state index contributed by atoms with van der Waals surface area (Å²) in [7, 11) is -10.0. The number of sulfonamides is 1. The Morgan fingerprint density at radius 2 is 1.74 bits per heavy atom. The van der Waals surface area contributed by atoms with Crippen molar-refractivity contribution < 1.29 is 53.2 Å². The van der Waals surface area contributed by atoms with Gasteiger partial charge in [0.2, 0.25) is 0 Å². The Morgan fingerprint density at radius 3 is 2.40 bits per heavy atom. The van der Waals surface area contributed by atoms with Gasteiger partial charge in [0.1, 0.15) is 13.2 Å². The number of hydrogen-bond donors (Lipinski definition) is 0. The molecule has 0 N–H and O–H groups in total. The Hall–Kier alpha value is -3.46. The zero-order chi connectivity index (χ0) is 25.6. The molecule has 2 heterocycles. The maximum absolute atomic E-state index is 13.4. The molecule has 10 nitrogen and oxygen atoms in total. The highest BCUT2D eigenvalue weighted by atomic mass is 32.2. The summed E-state index contributed by atoms with van der Waals surface area (Å²) < 4.78 is 110. The molecule has 0 bridgehead atoms. The lowest BCUT2D eigenvalue weighted by Crippen LogP contribution is -2.39. The van der Waals surface area contributed by atoms with Gasteiger partial charge in [-0.1, -0.05) is 18.2 Å². The number of benzene rings is 2. The number of hydrogen-bond acceptors (Lipinski definition) is 9. The molecule has 15 heteroatoms. The molecule has 0 unspecified atom stereocenters. The highest BCUT2D eigenvalue weighted by Gasteiger charge is 2.51. The topological polar surface area (TPSA) is 126 Å². The summed E-state index contributed by atoms with van der Waals surface area (Å²) in [4.78, 5) is 12.1. The van der Waals surface area contributed by atoms with Crippen LogP contribution in [0.25, 0.3) is 5.76 Å². The third-order valence-corrected chi connectivity index (χ3v) is 7.71. The Bertz CT molecular complexity index is 1430. The van der Waals surface area contributed by atoms with E-state index < -0.39 is 60.1 Å². The van der Waals surface area contributed by atoms with Crippen LogP contribution in [0.1, 0.15) is 11.1 Å². The maximum atomic E-state index is 13.4. The van der Waals surface area contributed by atoms with Crippen molar-refractivity contribution in [2.24, 2.45) is 0 Å². The van der Waals surface area contributed by atoms with E-state index in [2.05, 4.69) is 8.92 Å². The number of ether oxygens (including phenoxy) is 3. The van der Waals surface area contributed by atoms with Crippen molar-refractivity contribution in [1.82, 2.24) is 4.31 Å². The van der Waals surface area contributed by atoms with Crippen LogP contribution >= 0.6 is 0 Å². The molecule has 35 heavy (non-hydrogen) atoms. The van der Waals surface area contributed by atoms with Gasteiger partial charge in [0.15, 0.2) is 23.0 Å². The van der Waals surface area contributed by atoms with Crippen LogP contribution in [0.15, 0.2) is 53.1 Å². The molecule has 0 aromatic heterocycles. The largest absolute Gasteiger partial charge is 0.534 e. The van der Waals surface area contributed by atoms with E-state index in [1.54, 1.807) is 0 Å². The number of nitrogens with zero attached hydrogens (tertiary/aromatic N) is 1. The average Bonchev–Trinajstić information content (AvgIpc) is 2.81. The Balaban J connectivity index is 1.92. The van der Waals surface area contributed by atoms with E-state index in [1.807, 2.05) is 0 Å². The third-order valence-electron chi connectivity index (χ3n) is 4.95. The van der Waals surface area contributed by atoms with E-state index in [1.165, 1.54) is 30.3 Å². The zero-order valence-corrected chi connectivity index (χ0v) is 19.4. The monoisotopic (exact) mass is 535 g/mol. The normalized spacial score (nSPS) is 17.0. The predicted molar refractivity (Wildman–Crippen MR) is 112 cm³/mol. The second kappa shape index (κ2) is 8.64. The molecular formula is C20H16F3NO9S2. The molecule has 2 aromatic rings. The van der Waals surface area contributed by atoms with E-state index in [9.17, 15) is 34.8 Å². The third kappa shape index (κ3) is 4.36. The van der Waals surface area contributed by atoms with Crippen LogP contribution in [0, 0.1) is 0 Å². The fourth-order valence-electron chi connectivity index (χ4n) is 3.41. The number of methoxy groups -OCH3 is 1. The molecular weight excluding hydrogens is 519 g/mol. The molecule has 0 saturated carbocycles. The molecule has 0 fully saturated rings. The van der Waals surface area contributed by atoms with Crippen molar-refractivity contribution >= 4 is 31.9 Å². The number of halogens is 3. The van der Waals surface area contributed by atoms with Crippen LogP contribution in [-0.4, -0.2) is 52.9 Å². The van der Waals surface area contributed by atoms with Crippen molar-refractivity contribution in [3.05, 3.63) is 59.3 Å². The fourth-order valence-corrected chi connectivity index (χ4v) is 5.53. The van der Waals surface area contributed by atoms with E-state index in [0.717, 1.165) is 19.2 Å². The Kier molecular flexibility index (Phi) is 6.09. The average molecular weight is 535 g/mol. The summed E-state index contributed by atoms with van der Waals surface area (Å²) in [6, 6.07) is 8.93. The van der Waals surface area contributed by atoms with Crippen LogP contribution in [-0.2, 0) is 40.4 Å². The summed E-state index contributed by atoms with van der Waals surface area (Å²) in [5.74, 6) is -1.91. The number of carbonyl (C=O) groups is 1. The number of rotatable bonds is 5. The van der Waals surface area contributed by atoms with Gasteiger partial charge in [-0.3, -0.25) is 4.31 Å². The van der Waals surface area contributed by atoms with Crippen LogP contribution in [0.2, 0.25) is 0 Å². The van der Waals surface area contributed by atoms with Gasteiger partial charge in [-0.05, 0) is 29.8 Å². The fraction of sp³-hybridized carbons (Fsp3) is 0.250. The van der Waals surface area contributed by atoms with Gasteiger partial charge < -0.3 is 18.4 Å². The first kappa shape index (κ1) is 24.7. The Morgan fingerprint density at radius 1 is 1.09 bits per heavy atom. The minimum Gasteiger partial charge on any atom is -0.486 e. The maximum Gasteiger partial charge on any atom is 0.534 e. The predicted octanol–water partition coefficient (Wildman–Crippen LogP) is 2.37. The molecule has 0 aliphatic carbocycles. The highest BCUT2D eigenvalue weighted by molar-refractivity contribution is 7.89. The summed E-state index contributed by atoms with van der Waals surface area (Å²) >= 11 is 0. The van der Waals surface area contributed by atoms with E-state index in [0.29, 0.717) is 16.7 Å². The number of carbonyl (C=O) groups excluding carboxylic acids is 1. The molecule has 188 valence electrons. The second-order valence-corrected chi connectivity index (χ2v) is 10.5. The van der Waals surface area contributed by atoms with Crippen molar-refractivity contribution in [2.75, 3.05) is 20.3 Å². The molecule has 2 aliphatic rings. The van der Waals surface area contributed by atoms with E-state index >= 15 is 0 Å². The lowest BCUT2D eigenvalue weighted by molar-refractivity contribution is -0.137. The quantitative estimate of drug-likeness (QED) is 0.322. The summed E-state index contributed by atoms with van der Waals surface area (Å²) in [5, 5.41) is 0. The van der Waals surface area contributed by atoms with Gasteiger partial charge >= 0.3 is 21.6 Å². The van der Waals surface area contributed by atoms with Crippen molar-refractivity contribution in [3.8, 4) is 11.5 Å². The molecule has 0 radical (unpaired) electrons. The van der Waals surface area contributed by atoms with Crippen LogP contribution < -0.4 is 9.47 Å². The number of esters is 1. The first-order valence-electron chi connectivity index (χ1n) is 9.71. The van der Waals surface area contributed by atoms with Gasteiger partial charge in [-0.15, -0.1) is 0 Å². The number of alkyl halides is 3. The van der Waals surface area contributed by atoms with Crippen molar-refractivity contribution in [3.63, 3.8) is 0 Å². The van der Waals surface area contributed by atoms with Gasteiger partial charge in [-0.25, -0.2) is 13.2 Å². The minimum absolute atomic E-state index is 0.229. The first-order chi connectivity index (χ1) is 16.4. The van der Waals surface area contributed by atoms with Crippen LogP contribution in [0.3, 0.4) is 0 Å². The van der Waals surface area contributed by atoms with Crippen molar-refractivity contribution in [2.45, 2.75) is 16.9 Å². The van der Waals surface area contributed by atoms with Gasteiger partial charge in [-0.2, -0.15) is 21.6 Å². The zero-order valence-electron chi connectivity index (χ0n) is 17.7. The molecule has 2 aliphatic heterocycles. The highest BCUT2D eigenvalue weighted by Crippen LogP contribution is 2.42. The molecule has 4 rings (SSSR count). The van der Waals surface area contributed by atoms with Crippen molar-refractivity contribution in [1.29, 1.82) is 0 Å². The Labute approximate surface area is 197 Å². The van der Waals surface area contributed by atoms with E-state index in [4.69, 9.17) is 9.47 Å². The second-order valence-electron chi connectivity index (χ2n) is 7.14. The molecule has 0 amide bonds.